The molecule has 0 aromatic heterocycles. The monoisotopic (exact) mass is 555 g/mol. The van der Waals surface area contributed by atoms with Gasteiger partial charge in [-0.05, 0) is 51.0 Å². The van der Waals surface area contributed by atoms with Crippen LogP contribution in [-0.2, 0) is 4.79 Å². The van der Waals surface area contributed by atoms with Gasteiger partial charge in [0, 0.05) is 44.7 Å². The average Bonchev–Trinajstić information content (AvgIpc) is 3.26. The summed E-state index contributed by atoms with van der Waals surface area (Å²) in [5, 5.41) is 10.2. The number of hydrogen-bond acceptors (Lipinski definition) is 3. The molecular weight excluding hydrogens is 513 g/mol. The van der Waals surface area contributed by atoms with E-state index >= 15 is 0 Å². The molecule has 0 spiro atoms. The largest absolute Gasteiger partial charge is 0.359 e. The van der Waals surface area contributed by atoms with Crippen molar-refractivity contribution < 1.29 is 4.79 Å². The third-order valence-corrected chi connectivity index (χ3v) is 6.92. The fourth-order valence-corrected chi connectivity index (χ4v) is 5.05. The first-order valence-electron chi connectivity index (χ1n) is 12.1. The van der Waals surface area contributed by atoms with Crippen molar-refractivity contribution in [3.05, 3.63) is 35.9 Å². The molecule has 2 fully saturated rings. The summed E-state index contributed by atoms with van der Waals surface area (Å²) >= 11 is 0. The normalized spacial score (nSPS) is 19.8. The van der Waals surface area contributed by atoms with E-state index in [0.29, 0.717) is 18.4 Å². The van der Waals surface area contributed by atoms with E-state index in [4.69, 9.17) is 4.99 Å². The summed E-state index contributed by atoms with van der Waals surface area (Å²) < 4.78 is 0. The van der Waals surface area contributed by atoms with Crippen LogP contribution in [0.25, 0.3) is 0 Å². The highest BCUT2D eigenvalue weighted by molar-refractivity contribution is 14.0. The molecular formula is C25H42IN5O. The number of amides is 1. The molecule has 1 saturated heterocycles. The first-order valence-corrected chi connectivity index (χ1v) is 12.1. The number of carbonyl (C=O) groups excluding carboxylic acids is 1. The second-order valence-corrected chi connectivity index (χ2v) is 9.24. The number of nitrogens with one attached hydrogen (secondary N) is 3. The third kappa shape index (κ3) is 7.61. The van der Waals surface area contributed by atoms with Gasteiger partial charge in [-0.25, -0.2) is 0 Å². The van der Waals surface area contributed by atoms with Crippen LogP contribution < -0.4 is 16.0 Å². The predicted octanol–water partition coefficient (Wildman–Crippen LogP) is 4.08. The van der Waals surface area contributed by atoms with Crippen LogP contribution in [0.5, 0.6) is 0 Å². The second-order valence-electron chi connectivity index (χ2n) is 9.24. The van der Waals surface area contributed by atoms with Gasteiger partial charge in [0.1, 0.15) is 0 Å². The predicted molar refractivity (Wildman–Crippen MR) is 144 cm³/mol. The number of likely N-dealkylation sites (tertiary alicyclic amines) is 1. The maximum Gasteiger partial charge on any atom is 0.220 e. The van der Waals surface area contributed by atoms with Crippen LogP contribution in [0.1, 0.15) is 70.4 Å². The fraction of sp³-hybridized carbons (Fsp3) is 0.680. The summed E-state index contributed by atoms with van der Waals surface area (Å²) in [4.78, 5) is 19.2. The molecule has 1 aliphatic heterocycles. The fourth-order valence-electron chi connectivity index (χ4n) is 5.05. The van der Waals surface area contributed by atoms with E-state index in [1.54, 1.807) is 7.05 Å². The van der Waals surface area contributed by atoms with Crippen molar-refractivity contribution in [2.45, 2.75) is 70.4 Å². The highest BCUT2D eigenvalue weighted by Gasteiger charge is 2.35. The van der Waals surface area contributed by atoms with Crippen LogP contribution in [0.2, 0.25) is 0 Å². The molecule has 1 aliphatic carbocycles. The molecule has 0 bridgehead atoms. The van der Waals surface area contributed by atoms with Gasteiger partial charge in [0.15, 0.2) is 5.96 Å². The Balaban J connectivity index is 0.00000363. The van der Waals surface area contributed by atoms with Gasteiger partial charge in [0.2, 0.25) is 5.91 Å². The van der Waals surface area contributed by atoms with Crippen LogP contribution in [0.4, 0.5) is 0 Å². The van der Waals surface area contributed by atoms with Gasteiger partial charge in [-0.3, -0.25) is 9.79 Å². The molecule has 6 nitrogen and oxygen atoms in total. The van der Waals surface area contributed by atoms with Crippen molar-refractivity contribution in [1.29, 1.82) is 0 Å². The van der Waals surface area contributed by atoms with Crippen LogP contribution in [0, 0.1) is 5.92 Å². The summed E-state index contributed by atoms with van der Waals surface area (Å²) in [5.41, 5.74) is 1.41. The Labute approximate surface area is 211 Å². The van der Waals surface area contributed by atoms with Crippen LogP contribution in [-0.4, -0.2) is 55.5 Å². The Kier molecular flexibility index (Phi) is 11.2. The van der Waals surface area contributed by atoms with Crippen molar-refractivity contribution in [3.8, 4) is 0 Å². The number of piperidine rings is 1. The first kappa shape index (κ1) is 26.9. The Morgan fingerprint density at radius 1 is 1.19 bits per heavy atom. The van der Waals surface area contributed by atoms with Crippen LogP contribution >= 0.6 is 24.0 Å². The minimum Gasteiger partial charge on any atom is -0.359 e. The molecule has 32 heavy (non-hydrogen) atoms. The van der Waals surface area contributed by atoms with Gasteiger partial charge in [0.05, 0.1) is 6.54 Å². The molecule has 0 radical (unpaired) electrons. The number of carbonyl (C=O) groups is 1. The highest BCUT2D eigenvalue weighted by Crippen LogP contribution is 2.33. The number of benzene rings is 1. The maximum atomic E-state index is 11.7. The number of aliphatic imine (C=N–C) groups is 1. The molecule has 180 valence electrons. The van der Waals surface area contributed by atoms with Gasteiger partial charge in [-0.2, -0.15) is 0 Å². The van der Waals surface area contributed by atoms with E-state index in [9.17, 15) is 4.79 Å². The zero-order valence-electron chi connectivity index (χ0n) is 20.0. The van der Waals surface area contributed by atoms with E-state index in [-0.39, 0.29) is 35.4 Å². The maximum absolute atomic E-state index is 11.7. The molecule has 1 atom stereocenters. The Morgan fingerprint density at radius 3 is 2.44 bits per heavy atom. The molecule has 1 heterocycles. The first-order chi connectivity index (χ1) is 15.0. The molecule has 3 N–H and O–H groups in total. The highest BCUT2D eigenvalue weighted by atomic mass is 127. The average molecular weight is 556 g/mol. The molecule has 1 saturated carbocycles. The van der Waals surface area contributed by atoms with E-state index in [1.165, 1.54) is 31.2 Å². The number of halogens is 1. The number of rotatable bonds is 8. The lowest BCUT2D eigenvalue weighted by Gasteiger charge is -2.36. The van der Waals surface area contributed by atoms with E-state index in [0.717, 1.165) is 45.0 Å². The topological polar surface area (TPSA) is 68.8 Å². The summed E-state index contributed by atoms with van der Waals surface area (Å²) in [5.74, 6) is 1.66. The number of hydrogen-bond donors (Lipinski definition) is 3. The lowest BCUT2D eigenvalue weighted by Crippen LogP contribution is -2.49. The van der Waals surface area contributed by atoms with Crippen molar-refractivity contribution in [1.82, 2.24) is 20.9 Å². The summed E-state index contributed by atoms with van der Waals surface area (Å²) in [6.45, 7) is 8.02. The zero-order chi connectivity index (χ0) is 22.1. The lowest BCUT2D eigenvalue weighted by molar-refractivity contribution is -0.121. The smallest absolute Gasteiger partial charge is 0.220 e. The van der Waals surface area contributed by atoms with Gasteiger partial charge in [0.25, 0.3) is 0 Å². The quantitative estimate of drug-likeness (QED) is 0.257. The second kappa shape index (κ2) is 13.4. The third-order valence-electron chi connectivity index (χ3n) is 6.92. The molecule has 2 aliphatic rings. The van der Waals surface area contributed by atoms with Crippen molar-refractivity contribution in [2.24, 2.45) is 10.9 Å². The minimum absolute atomic E-state index is 0. The van der Waals surface area contributed by atoms with Crippen LogP contribution in [0.15, 0.2) is 35.3 Å². The van der Waals surface area contributed by atoms with E-state index in [2.05, 4.69) is 65.0 Å². The minimum atomic E-state index is 0. The van der Waals surface area contributed by atoms with Gasteiger partial charge < -0.3 is 20.9 Å². The molecule has 7 heteroatoms. The Bertz CT molecular complexity index is 712. The lowest BCUT2D eigenvalue weighted by atomic mass is 9.93. The van der Waals surface area contributed by atoms with Gasteiger partial charge in [-0.15, -0.1) is 24.0 Å². The van der Waals surface area contributed by atoms with Crippen molar-refractivity contribution in [2.75, 3.05) is 33.2 Å². The summed E-state index contributed by atoms with van der Waals surface area (Å²) in [7, 11) is 1.72. The summed E-state index contributed by atoms with van der Waals surface area (Å²) in [6.07, 6.45) is 7.64. The number of guanidine groups is 1. The molecule has 1 aromatic carbocycles. The summed E-state index contributed by atoms with van der Waals surface area (Å²) in [6, 6.07) is 11.0. The van der Waals surface area contributed by atoms with Crippen molar-refractivity contribution >= 4 is 35.8 Å². The molecule has 1 unspecified atom stereocenters. The van der Waals surface area contributed by atoms with Gasteiger partial charge in [-0.1, -0.05) is 43.2 Å². The van der Waals surface area contributed by atoms with E-state index < -0.39 is 0 Å². The van der Waals surface area contributed by atoms with Gasteiger partial charge >= 0.3 is 0 Å². The van der Waals surface area contributed by atoms with E-state index in [1.807, 2.05) is 0 Å². The SMILES string of the molecule is CCNC(=NCC1(NC(C)c2ccccc2)CCCC1)N1CCC(CC(=O)NC)CC1.I. The standard InChI is InChI=1S/C25H41N5O.HI/c1-4-27-24(30-16-12-21(13-17-30)18-23(31)26-3)28-19-25(14-8-9-15-25)29-20(2)22-10-6-5-7-11-22;/h5-7,10-11,20-21,29H,4,8-9,12-19H2,1-3H3,(H,26,31)(H,27,28);1H. The molecule has 1 amide bonds. The molecule has 3 rings (SSSR count). The Morgan fingerprint density at radius 2 is 1.84 bits per heavy atom. The Hall–Kier alpha value is -1.35. The number of nitrogens with zero attached hydrogens (tertiary/aromatic N) is 2. The van der Waals surface area contributed by atoms with Crippen molar-refractivity contribution in [3.63, 3.8) is 0 Å². The zero-order valence-corrected chi connectivity index (χ0v) is 22.4. The molecule has 1 aromatic rings. The van der Waals surface area contributed by atoms with Crippen LogP contribution in [0.3, 0.4) is 0 Å².